The van der Waals surface area contributed by atoms with E-state index in [1.165, 1.54) is 24.3 Å². The Hall–Kier alpha value is -2.72. The normalized spacial score (nSPS) is 19.3. The van der Waals surface area contributed by atoms with E-state index in [2.05, 4.69) is 4.98 Å². The summed E-state index contributed by atoms with van der Waals surface area (Å²) >= 11 is 5.83. The van der Waals surface area contributed by atoms with Gasteiger partial charge in [-0.15, -0.1) is 0 Å². The number of ketones is 1. The molecule has 1 fully saturated rings. The van der Waals surface area contributed by atoms with Gasteiger partial charge >= 0.3 is 5.97 Å². The number of carbonyl (C=O) groups excluding carboxylic acids is 2. The van der Waals surface area contributed by atoms with Crippen molar-refractivity contribution < 1.29 is 27.9 Å². The lowest BCUT2D eigenvalue weighted by Gasteiger charge is -2.22. The van der Waals surface area contributed by atoms with E-state index in [4.69, 9.17) is 16.3 Å². The van der Waals surface area contributed by atoms with Gasteiger partial charge in [-0.05, 0) is 37.3 Å². The first kappa shape index (κ1) is 22.5. The number of hydrogen-bond donors (Lipinski definition) is 2. The van der Waals surface area contributed by atoms with Crippen molar-refractivity contribution in [2.24, 2.45) is 0 Å². The van der Waals surface area contributed by atoms with Crippen molar-refractivity contribution >= 4 is 44.3 Å². The minimum atomic E-state index is -4.08. The van der Waals surface area contributed by atoms with E-state index < -0.39 is 40.5 Å². The summed E-state index contributed by atoms with van der Waals surface area (Å²) in [7, 11) is -4.08. The van der Waals surface area contributed by atoms with Crippen LogP contribution in [0.5, 0.6) is 0 Å². The fraction of sp³-hybridized carbons (Fsp3) is 0.273. The van der Waals surface area contributed by atoms with Crippen LogP contribution < -0.4 is 0 Å². The Morgan fingerprint density at radius 3 is 2.59 bits per heavy atom. The Labute approximate surface area is 189 Å². The van der Waals surface area contributed by atoms with Crippen LogP contribution in [0.1, 0.15) is 22.5 Å². The Balaban J connectivity index is 1.51. The summed E-state index contributed by atoms with van der Waals surface area (Å²) < 4.78 is 32.1. The van der Waals surface area contributed by atoms with Crippen LogP contribution in [0.15, 0.2) is 53.4 Å². The minimum absolute atomic E-state index is 0.0562. The number of nitrogens with one attached hydrogen (secondary N) is 1. The average Bonchev–Trinajstić information content (AvgIpc) is 3.31. The molecular weight excluding hydrogens is 456 g/mol. The number of aliphatic hydroxyl groups excluding tert-OH is 1. The third-order valence-electron chi connectivity index (χ3n) is 5.44. The number of aromatic nitrogens is 1. The van der Waals surface area contributed by atoms with Gasteiger partial charge in [0.05, 0.1) is 11.0 Å². The van der Waals surface area contributed by atoms with Gasteiger partial charge in [0.1, 0.15) is 6.04 Å². The number of Topliss-reactive ketones (excluding diaryl/α,β-unsaturated/α-hetero) is 1. The summed E-state index contributed by atoms with van der Waals surface area (Å²) in [5, 5.41) is 11.1. The molecule has 0 radical (unpaired) electrons. The zero-order valence-electron chi connectivity index (χ0n) is 17.1. The van der Waals surface area contributed by atoms with Crippen molar-refractivity contribution in [3.8, 4) is 0 Å². The van der Waals surface area contributed by atoms with Crippen molar-refractivity contribution in [2.75, 3.05) is 13.2 Å². The topological polar surface area (TPSA) is 117 Å². The number of aliphatic hydroxyl groups is 1. The van der Waals surface area contributed by atoms with Gasteiger partial charge < -0.3 is 14.8 Å². The number of rotatable bonds is 6. The number of β-amino-alcohol motifs (C(OH)–C–C–N with tert-alkyl or cyclic N) is 1. The number of sulfonamides is 1. The molecule has 0 unspecified atom stereocenters. The maximum Gasteiger partial charge on any atom is 0.325 e. The molecular formula is C22H21ClN2O6S. The number of fused-ring (bicyclic) bond motifs is 1. The zero-order valence-corrected chi connectivity index (χ0v) is 18.7. The van der Waals surface area contributed by atoms with Gasteiger partial charge in [-0.25, -0.2) is 8.42 Å². The van der Waals surface area contributed by atoms with E-state index in [1.54, 1.807) is 19.1 Å². The molecule has 0 bridgehead atoms. The monoisotopic (exact) mass is 476 g/mol. The molecule has 1 aliphatic heterocycles. The third-order valence-corrected chi connectivity index (χ3v) is 7.58. The van der Waals surface area contributed by atoms with Gasteiger partial charge in [0.25, 0.3) is 0 Å². The molecule has 2 aromatic carbocycles. The second-order valence-corrected chi connectivity index (χ2v) is 9.96. The third kappa shape index (κ3) is 4.16. The van der Waals surface area contributed by atoms with Gasteiger partial charge in [0, 0.05) is 40.1 Å². The molecule has 1 aromatic heterocycles. The van der Waals surface area contributed by atoms with E-state index in [-0.39, 0.29) is 17.9 Å². The van der Waals surface area contributed by atoms with Crippen LogP contribution in [-0.2, 0) is 19.6 Å². The number of aromatic amines is 1. The van der Waals surface area contributed by atoms with Gasteiger partial charge in [-0.3, -0.25) is 9.59 Å². The number of para-hydroxylation sites is 1. The van der Waals surface area contributed by atoms with E-state index in [9.17, 15) is 23.1 Å². The number of benzene rings is 2. The molecule has 2 heterocycles. The summed E-state index contributed by atoms with van der Waals surface area (Å²) in [5.74, 6) is -1.29. The van der Waals surface area contributed by atoms with Crippen LogP contribution in [-0.4, -0.2) is 59.9 Å². The standard InChI is InChI=1S/C22H21ClN2O6S/c1-13-21(17-4-2-3-5-18(17)24-13)20(27)12-31-22(28)19-10-15(26)11-25(19)32(29,30)16-8-6-14(23)7-9-16/h2-9,15,19,24,26H,10-12H2,1H3/t15-,19-/m0/s1. The van der Waals surface area contributed by atoms with Crippen LogP contribution >= 0.6 is 11.6 Å². The van der Waals surface area contributed by atoms with Crippen LogP contribution in [0.25, 0.3) is 10.9 Å². The number of aryl methyl sites for hydroxylation is 1. The van der Waals surface area contributed by atoms with Gasteiger partial charge in [0.2, 0.25) is 15.8 Å². The molecule has 2 N–H and O–H groups in total. The van der Waals surface area contributed by atoms with Gasteiger partial charge in [0.15, 0.2) is 6.61 Å². The molecule has 3 aromatic rings. The van der Waals surface area contributed by atoms with Crippen LogP contribution in [0.4, 0.5) is 0 Å². The Kier molecular flexibility index (Phi) is 6.09. The zero-order chi connectivity index (χ0) is 23.0. The largest absolute Gasteiger partial charge is 0.456 e. The molecule has 1 aliphatic rings. The molecule has 4 rings (SSSR count). The highest BCUT2D eigenvalue weighted by molar-refractivity contribution is 7.89. The van der Waals surface area contributed by atoms with Gasteiger partial charge in [-0.2, -0.15) is 4.31 Å². The predicted molar refractivity (Wildman–Crippen MR) is 118 cm³/mol. The Bertz CT molecular complexity index is 1290. The number of carbonyl (C=O) groups is 2. The summed E-state index contributed by atoms with van der Waals surface area (Å²) in [4.78, 5) is 28.6. The highest BCUT2D eigenvalue weighted by Gasteiger charge is 2.44. The van der Waals surface area contributed by atoms with E-state index in [0.29, 0.717) is 21.7 Å². The molecule has 0 saturated carbocycles. The Morgan fingerprint density at radius 2 is 1.88 bits per heavy atom. The number of halogens is 1. The number of esters is 1. The van der Waals surface area contributed by atoms with E-state index in [0.717, 1.165) is 9.82 Å². The van der Waals surface area contributed by atoms with Crippen LogP contribution in [0.2, 0.25) is 5.02 Å². The second kappa shape index (κ2) is 8.67. The molecule has 32 heavy (non-hydrogen) atoms. The molecule has 8 nitrogen and oxygen atoms in total. The number of nitrogens with zero attached hydrogens (tertiary/aromatic N) is 1. The highest BCUT2D eigenvalue weighted by atomic mass is 35.5. The lowest BCUT2D eigenvalue weighted by atomic mass is 10.1. The lowest BCUT2D eigenvalue weighted by Crippen LogP contribution is -2.41. The molecule has 0 amide bonds. The van der Waals surface area contributed by atoms with E-state index >= 15 is 0 Å². The summed E-state index contributed by atoms with van der Waals surface area (Å²) in [6.07, 6.45) is -1.15. The molecule has 0 spiro atoms. The quantitative estimate of drug-likeness (QED) is 0.417. The predicted octanol–water partition coefficient (Wildman–Crippen LogP) is 2.68. The molecule has 2 atom stereocenters. The maximum absolute atomic E-state index is 13.0. The van der Waals surface area contributed by atoms with E-state index in [1.807, 2.05) is 12.1 Å². The molecule has 10 heteroatoms. The first-order chi connectivity index (χ1) is 15.2. The van der Waals surface area contributed by atoms with Crippen LogP contribution in [0.3, 0.4) is 0 Å². The molecule has 168 valence electrons. The number of H-pyrrole nitrogens is 1. The Morgan fingerprint density at radius 1 is 1.19 bits per heavy atom. The first-order valence-electron chi connectivity index (χ1n) is 9.91. The maximum atomic E-state index is 13.0. The van der Waals surface area contributed by atoms with Crippen molar-refractivity contribution in [3.05, 3.63) is 64.8 Å². The highest BCUT2D eigenvalue weighted by Crippen LogP contribution is 2.28. The summed E-state index contributed by atoms with van der Waals surface area (Å²) in [6.45, 7) is 0.964. The number of ether oxygens (including phenoxy) is 1. The van der Waals surface area contributed by atoms with Crippen molar-refractivity contribution in [3.63, 3.8) is 0 Å². The average molecular weight is 477 g/mol. The smallest absolute Gasteiger partial charge is 0.325 e. The first-order valence-corrected chi connectivity index (χ1v) is 11.7. The molecule has 1 saturated heterocycles. The van der Waals surface area contributed by atoms with Gasteiger partial charge in [-0.1, -0.05) is 29.8 Å². The minimum Gasteiger partial charge on any atom is -0.456 e. The lowest BCUT2D eigenvalue weighted by molar-refractivity contribution is -0.146. The fourth-order valence-electron chi connectivity index (χ4n) is 3.95. The van der Waals surface area contributed by atoms with Crippen LogP contribution in [0, 0.1) is 6.92 Å². The fourth-order valence-corrected chi connectivity index (χ4v) is 5.70. The second-order valence-electron chi connectivity index (χ2n) is 7.64. The number of hydrogen-bond acceptors (Lipinski definition) is 6. The SMILES string of the molecule is Cc1[nH]c2ccccc2c1C(=O)COC(=O)[C@@H]1C[C@H](O)CN1S(=O)(=O)c1ccc(Cl)cc1. The molecule has 0 aliphatic carbocycles. The summed E-state index contributed by atoms with van der Waals surface area (Å²) in [5.41, 5.74) is 1.86. The summed E-state index contributed by atoms with van der Waals surface area (Å²) in [6, 6.07) is 11.6. The van der Waals surface area contributed by atoms with Crippen molar-refractivity contribution in [2.45, 2.75) is 30.4 Å². The van der Waals surface area contributed by atoms with Crippen molar-refractivity contribution in [1.29, 1.82) is 0 Å². The van der Waals surface area contributed by atoms with Crippen molar-refractivity contribution in [1.82, 2.24) is 9.29 Å².